The maximum absolute atomic E-state index is 13.8. The highest BCUT2D eigenvalue weighted by molar-refractivity contribution is 9.10. The largest absolute Gasteiger partial charge is 0.493 e. The third-order valence-electron chi connectivity index (χ3n) is 4.29. The Bertz CT molecular complexity index is 1260. The van der Waals surface area contributed by atoms with Crippen molar-refractivity contribution in [1.29, 1.82) is 0 Å². The van der Waals surface area contributed by atoms with E-state index in [0.717, 1.165) is 5.56 Å². The molecule has 0 unspecified atom stereocenters. The second kappa shape index (κ2) is 12.0. The molecule has 0 aliphatic rings. The van der Waals surface area contributed by atoms with Gasteiger partial charge in [-0.05, 0) is 69.5 Å². The van der Waals surface area contributed by atoms with Crippen molar-refractivity contribution in [3.05, 3.63) is 85.5 Å². The Morgan fingerprint density at radius 3 is 2.62 bits per heavy atom. The molecule has 2 amide bonds. The monoisotopic (exact) mass is 611 g/mol. The summed E-state index contributed by atoms with van der Waals surface area (Å²) in [5.74, 6) is -1.92. The first-order valence-electron chi connectivity index (χ1n) is 9.61. The van der Waals surface area contributed by atoms with Crippen molar-refractivity contribution in [1.82, 2.24) is 5.43 Å². The minimum absolute atomic E-state index is 0.130. The number of carbonyl (C=O) groups is 2. The van der Waals surface area contributed by atoms with Gasteiger partial charge < -0.3 is 14.8 Å². The molecule has 0 fully saturated rings. The van der Waals surface area contributed by atoms with Gasteiger partial charge in [0.15, 0.2) is 11.5 Å². The van der Waals surface area contributed by atoms with Crippen LogP contribution in [0.3, 0.4) is 0 Å². The van der Waals surface area contributed by atoms with Crippen LogP contribution in [-0.2, 0) is 16.2 Å². The number of nitrogens with one attached hydrogen (secondary N) is 2. The molecule has 3 aromatic carbocycles. The van der Waals surface area contributed by atoms with Gasteiger partial charge in [0, 0.05) is 9.50 Å². The Morgan fingerprint density at radius 2 is 1.91 bits per heavy atom. The molecular weight excluding hydrogens is 597 g/mol. The molecule has 176 valence electrons. The second-order valence-corrected chi connectivity index (χ2v) is 8.94. The van der Waals surface area contributed by atoms with E-state index >= 15 is 0 Å². The zero-order valence-electron chi connectivity index (χ0n) is 17.6. The molecule has 34 heavy (non-hydrogen) atoms. The van der Waals surface area contributed by atoms with Gasteiger partial charge >= 0.3 is 11.8 Å². The summed E-state index contributed by atoms with van der Waals surface area (Å²) in [6, 6.07) is 14.7. The van der Waals surface area contributed by atoms with Gasteiger partial charge in [-0.3, -0.25) is 9.59 Å². The van der Waals surface area contributed by atoms with Gasteiger partial charge in [-0.1, -0.05) is 39.7 Å². The number of amides is 2. The SMILES string of the molecule is COc1cc(/C=N/NC(=O)C(=O)Nc2ccc(Br)cc2F)cc(Br)c1OCc1cccc(Cl)c1. The molecule has 2 N–H and O–H groups in total. The molecule has 0 spiro atoms. The summed E-state index contributed by atoms with van der Waals surface area (Å²) >= 11 is 12.6. The minimum atomic E-state index is -1.07. The molecule has 0 aliphatic heterocycles. The average molecular weight is 614 g/mol. The highest BCUT2D eigenvalue weighted by atomic mass is 79.9. The number of hydrogen-bond acceptors (Lipinski definition) is 5. The van der Waals surface area contributed by atoms with Gasteiger partial charge in [0.1, 0.15) is 12.4 Å². The Balaban J connectivity index is 1.63. The summed E-state index contributed by atoms with van der Waals surface area (Å²) in [4.78, 5) is 23.9. The van der Waals surface area contributed by atoms with Gasteiger partial charge in [0.25, 0.3) is 0 Å². The van der Waals surface area contributed by atoms with Crippen LogP contribution in [0.2, 0.25) is 5.02 Å². The quantitative estimate of drug-likeness (QED) is 0.204. The van der Waals surface area contributed by atoms with Crippen molar-refractivity contribution in [3.63, 3.8) is 0 Å². The molecule has 0 saturated heterocycles. The number of hydrazone groups is 1. The topological polar surface area (TPSA) is 89.0 Å². The Morgan fingerprint density at radius 1 is 1.12 bits per heavy atom. The predicted octanol–water partition coefficient (Wildman–Crippen LogP) is 5.68. The zero-order chi connectivity index (χ0) is 24.7. The van der Waals surface area contributed by atoms with Crippen LogP contribution in [0.4, 0.5) is 10.1 Å². The Kier molecular flexibility index (Phi) is 9.03. The lowest BCUT2D eigenvalue weighted by Gasteiger charge is -2.13. The van der Waals surface area contributed by atoms with Crippen molar-refractivity contribution in [2.75, 3.05) is 12.4 Å². The van der Waals surface area contributed by atoms with Crippen LogP contribution in [0, 0.1) is 5.82 Å². The van der Waals surface area contributed by atoms with E-state index in [0.29, 0.717) is 31.0 Å². The highest BCUT2D eigenvalue weighted by Crippen LogP contribution is 2.37. The smallest absolute Gasteiger partial charge is 0.329 e. The van der Waals surface area contributed by atoms with Gasteiger partial charge in [-0.15, -0.1) is 0 Å². The normalized spacial score (nSPS) is 10.7. The number of benzene rings is 3. The summed E-state index contributed by atoms with van der Waals surface area (Å²) in [6.07, 6.45) is 1.32. The molecular formula is C23H17Br2ClFN3O4. The average Bonchev–Trinajstić information content (AvgIpc) is 2.79. The lowest BCUT2D eigenvalue weighted by molar-refractivity contribution is -0.136. The highest BCUT2D eigenvalue weighted by Gasteiger charge is 2.16. The van der Waals surface area contributed by atoms with Crippen molar-refractivity contribution >= 4 is 67.2 Å². The first-order chi connectivity index (χ1) is 16.3. The van der Waals surface area contributed by atoms with Gasteiger partial charge in [0.2, 0.25) is 0 Å². The van der Waals surface area contributed by atoms with E-state index in [2.05, 4.69) is 47.7 Å². The number of methoxy groups -OCH3 is 1. The molecule has 0 atom stereocenters. The second-order valence-electron chi connectivity index (χ2n) is 6.73. The van der Waals surface area contributed by atoms with Crippen molar-refractivity contribution in [2.45, 2.75) is 6.61 Å². The molecule has 0 radical (unpaired) electrons. The molecule has 11 heteroatoms. The van der Waals surface area contributed by atoms with Crippen molar-refractivity contribution in [3.8, 4) is 11.5 Å². The fourth-order valence-electron chi connectivity index (χ4n) is 2.72. The van der Waals surface area contributed by atoms with Crippen molar-refractivity contribution in [2.24, 2.45) is 5.10 Å². The van der Waals surface area contributed by atoms with E-state index in [9.17, 15) is 14.0 Å². The van der Waals surface area contributed by atoms with E-state index in [-0.39, 0.29) is 12.3 Å². The van der Waals surface area contributed by atoms with Gasteiger partial charge in [0.05, 0.1) is 23.5 Å². The number of carbonyl (C=O) groups excluding carboxylic acids is 2. The number of ether oxygens (including phenoxy) is 2. The van der Waals surface area contributed by atoms with Crippen LogP contribution in [-0.4, -0.2) is 25.1 Å². The van der Waals surface area contributed by atoms with Crippen LogP contribution in [0.1, 0.15) is 11.1 Å². The Labute approximate surface area is 216 Å². The molecule has 0 aromatic heterocycles. The van der Waals surface area contributed by atoms with E-state index in [1.165, 1.54) is 31.5 Å². The fraction of sp³-hybridized carbons (Fsp3) is 0.0870. The third-order valence-corrected chi connectivity index (χ3v) is 5.61. The Hall–Kier alpha value is -2.95. The van der Waals surface area contributed by atoms with Crippen LogP contribution in [0.15, 0.2) is 68.6 Å². The zero-order valence-corrected chi connectivity index (χ0v) is 21.5. The first kappa shape index (κ1) is 25.7. The third kappa shape index (κ3) is 7.02. The number of anilines is 1. The fourth-order valence-corrected chi connectivity index (χ4v) is 3.84. The van der Waals surface area contributed by atoms with Crippen LogP contribution >= 0.6 is 43.5 Å². The maximum Gasteiger partial charge on any atom is 0.329 e. The van der Waals surface area contributed by atoms with Crippen LogP contribution < -0.4 is 20.2 Å². The lowest BCUT2D eigenvalue weighted by atomic mass is 10.2. The van der Waals surface area contributed by atoms with E-state index < -0.39 is 17.6 Å². The minimum Gasteiger partial charge on any atom is -0.493 e. The number of hydrogen-bond donors (Lipinski definition) is 2. The molecule has 0 heterocycles. The van der Waals surface area contributed by atoms with Crippen molar-refractivity contribution < 1.29 is 23.5 Å². The van der Waals surface area contributed by atoms with Crippen LogP contribution in [0.5, 0.6) is 11.5 Å². The predicted molar refractivity (Wildman–Crippen MR) is 135 cm³/mol. The van der Waals surface area contributed by atoms with E-state index in [1.54, 1.807) is 24.3 Å². The summed E-state index contributed by atoms with van der Waals surface area (Å²) in [7, 11) is 1.49. The standard InChI is InChI=1S/C23H17Br2ClFN3O4/c1-33-20-9-14(8-17(25)21(20)34-12-13-3-2-4-16(26)7-13)11-28-30-23(32)22(31)29-19-6-5-15(24)10-18(19)27/h2-11H,12H2,1H3,(H,29,31)(H,30,32)/b28-11+. The summed E-state index contributed by atoms with van der Waals surface area (Å²) in [5, 5.41) is 6.56. The first-order valence-corrected chi connectivity index (χ1v) is 11.6. The summed E-state index contributed by atoms with van der Waals surface area (Å²) in [5.41, 5.74) is 3.40. The maximum atomic E-state index is 13.8. The number of rotatable bonds is 7. The number of nitrogens with zero attached hydrogens (tertiary/aromatic N) is 1. The van der Waals surface area contributed by atoms with Gasteiger partial charge in [-0.2, -0.15) is 5.10 Å². The molecule has 3 aromatic rings. The van der Waals surface area contributed by atoms with E-state index in [1.807, 2.05) is 12.1 Å². The molecule has 0 saturated carbocycles. The molecule has 7 nitrogen and oxygen atoms in total. The molecule has 0 aliphatic carbocycles. The summed E-state index contributed by atoms with van der Waals surface area (Å²) in [6.45, 7) is 0.271. The molecule has 0 bridgehead atoms. The van der Waals surface area contributed by atoms with Crippen LogP contribution in [0.25, 0.3) is 0 Å². The van der Waals surface area contributed by atoms with Gasteiger partial charge in [-0.25, -0.2) is 9.82 Å². The lowest BCUT2D eigenvalue weighted by Crippen LogP contribution is -2.32. The number of halogens is 4. The molecule has 3 rings (SSSR count). The summed E-state index contributed by atoms with van der Waals surface area (Å²) < 4.78 is 26.2. The van der Waals surface area contributed by atoms with E-state index in [4.69, 9.17) is 21.1 Å².